The number of carbonyl (C=O) groups excluding carboxylic acids is 3. The number of hydrogen-bond acceptors (Lipinski definition) is 5. The largest absolute Gasteiger partial charge is 0.573 e. The lowest BCUT2D eigenvalue weighted by Gasteiger charge is -2.28. The summed E-state index contributed by atoms with van der Waals surface area (Å²) in [5.74, 6) is -1.88. The Morgan fingerprint density at radius 2 is 1.77 bits per heavy atom. The van der Waals surface area contributed by atoms with E-state index in [-0.39, 0.29) is 41.3 Å². The van der Waals surface area contributed by atoms with E-state index in [2.05, 4.69) is 9.72 Å². The fourth-order valence-corrected chi connectivity index (χ4v) is 5.04. The van der Waals surface area contributed by atoms with E-state index in [0.29, 0.717) is 5.56 Å². The minimum absolute atomic E-state index is 0.0000963. The van der Waals surface area contributed by atoms with Crippen LogP contribution in [0.1, 0.15) is 12.0 Å². The maximum Gasteiger partial charge on any atom is 0.573 e. The molecule has 0 aliphatic carbocycles. The number of amides is 4. The van der Waals surface area contributed by atoms with Gasteiger partial charge in [0.1, 0.15) is 21.6 Å². The molecule has 2 aliphatic heterocycles. The third kappa shape index (κ3) is 4.74. The molecule has 0 N–H and O–H groups in total. The van der Waals surface area contributed by atoms with Gasteiger partial charge in [0.05, 0.1) is 11.6 Å². The van der Waals surface area contributed by atoms with Crippen molar-refractivity contribution in [3.05, 3.63) is 52.3 Å². The Kier molecular flexibility index (Phi) is 6.35. The molecule has 2 aromatic rings. The van der Waals surface area contributed by atoms with Gasteiger partial charge in [-0.05, 0) is 36.2 Å². The lowest BCUT2D eigenvalue weighted by atomic mass is 9.85. The molecule has 2 aliphatic rings. The standard InChI is InChI=1S/C22H19Cl2F3N4O4/c1-29(2)18(32)13-10-21(9-12-3-5-15(6-4-12)35-22(25,26)27)19(33)31(20(34)30(21)11-13)14-7-16(23)28-17(24)8-14/h3-8,13H,9-11H2,1-2H3/t13-,21+/m1/s1. The van der Waals surface area contributed by atoms with Gasteiger partial charge in [-0.25, -0.2) is 14.7 Å². The molecular weight excluding hydrogens is 512 g/mol. The molecule has 4 rings (SSSR count). The number of carbonyl (C=O) groups is 3. The van der Waals surface area contributed by atoms with Crippen LogP contribution in [0.3, 0.4) is 0 Å². The zero-order chi connectivity index (χ0) is 25.7. The van der Waals surface area contributed by atoms with Crippen LogP contribution in [0.2, 0.25) is 10.3 Å². The predicted molar refractivity (Wildman–Crippen MR) is 120 cm³/mol. The molecule has 0 bridgehead atoms. The molecule has 0 unspecified atom stereocenters. The van der Waals surface area contributed by atoms with Gasteiger partial charge in [0.15, 0.2) is 0 Å². The van der Waals surface area contributed by atoms with Crippen molar-refractivity contribution in [3.63, 3.8) is 0 Å². The van der Waals surface area contributed by atoms with E-state index in [1.807, 2.05) is 0 Å². The smallest absolute Gasteiger partial charge is 0.406 e. The first kappa shape index (κ1) is 25.1. The Morgan fingerprint density at radius 3 is 2.31 bits per heavy atom. The lowest BCUT2D eigenvalue weighted by molar-refractivity contribution is -0.274. The molecule has 186 valence electrons. The van der Waals surface area contributed by atoms with Crippen LogP contribution in [-0.4, -0.2) is 65.2 Å². The lowest BCUT2D eigenvalue weighted by Crippen LogP contribution is -2.47. The number of benzene rings is 1. The molecule has 8 nitrogen and oxygen atoms in total. The third-order valence-corrected chi connectivity index (χ3v) is 6.36. The molecule has 0 saturated carbocycles. The normalized spacial score (nSPS) is 22.0. The average molecular weight is 531 g/mol. The van der Waals surface area contributed by atoms with E-state index in [1.165, 1.54) is 34.1 Å². The second-order valence-corrected chi connectivity index (χ2v) is 9.31. The summed E-state index contributed by atoms with van der Waals surface area (Å²) >= 11 is 11.9. The molecule has 0 spiro atoms. The van der Waals surface area contributed by atoms with E-state index >= 15 is 0 Å². The van der Waals surface area contributed by atoms with Crippen LogP contribution in [0.25, 0.3) is 0 Å². The number of halogens is 5. The molecule has 3 heterocycles. The average Bonchev–Trinajstić information content (AvgIpc) is 3.21. The minimum Gasteiger partial charge on any atom is -0.406 e. The number of rotatable bonds is 5. The monoisotopic (exact) mass is 530 g/mol. The van der Waals surface area contributed by atoms with Crippen LogP contribution in [0, 0.1) is 5.92 Å². The first-order valence-electron chi connectivity index (χ1n) is 10.4. The molecule has 4 amide bonds. The van der Waals surface area contributed by atoms with Crippen LogP contribution in [0.4, 0.5) is 23.7 Å². The SMILES string of the molecule is CN(C)C(=O)[C@H]1CN2C(=O)N(c3cc(Cl)nc(Cl)c3)C(=O)[C@]2(Cc2ccc(OC(F)(F)F)cc2)C1. The summed E-state index contributed by atoms with van der Waals surface area (Å²) < 4.78 is 41.4. The van der Waals surface area contributed by atoms with Crippen molar-refractivity contribution >= 4 is 46.7 Å². The number of imide groups is 1. The van der Waals surface area contributed by atoms with Crippen molar-refractivity contribution in [1.29, 1.82) is 0 Å². The maximum atomic E-state index is 13.8. The van der Waals surface area contributed by atoms with E-state index in [9.17, 15) is 27.6 Å². The Balaban J connectivity index is 1.71. The number of fused-ring (bicyclic) bond motifs is 1. The first-order valence-corrected chi connectivity index (χ1v) is 11.1. The molecular formula is C22H19Cl2F3N4O4. The number of aromatic nitrogens is 1. The van der Waals surface area contributed by atoms with E-state index in [1.54, 1.807) is 14.1 Å². The number of nitrogens with zero attached hydrogens (tertiary/aromatic N) is 4. The highest BCUT2D eigenvalue weighted by molar-refractivity contribution is 6.33. The summed E-state index contributed by atoms with van der Waals surface area (Å²) in [6.07, 6.45) is -4.83. The summed E-state index contributed by atoms with van der Waals surface area (Å²) in [6.45, 7) is -0.0000963. The van der Waals surface area contributed by atoms with Crippen LogP contribution >= 0.6 is 23.2 Å². The minimum atomic E-state index is -4.84. The summed E-state index contributed by atoms with van der Waals surface area (Å²) in [5, 5.41) is -0.0368. The molecule has 2 saturated heterocycles. The highest BCUT2D eigenvalue weighted by atomic mass is 35.5. The van der Waals surface area contributed by atoms with Crippen LogP contribution in [-0.2, 0) is 16.0 Å². The van der Waals surface area contributed by atoms with Gasteiger partial charge in [0, 0.05) is 27.1 Å². The zero-order valence-electron chi connectivity index (χ0n) is 18.5. The van der Waals surface area contributed by atoms with Gasteiger partial charge in [-0.1, -0.05) is 35.3 Å². The molecule has 0 radical (unpaired) electrons. The number of hydrogen-bond donors (Lipinski definition) is 0. The molecule has 35 heavy (non-hydrogen) atoms. The van der Waals surface area contributed by atoms with Gasteiger partial charge < -0.3 is 14.5 Å². The van der Waals surface area contributed by atoms with Crippen molar-refractivity contribution in [2.45, 2.75) is 24.7 Å². The molecule has 2 fully saturated rings. The van der Waals surface area contributed by atoms with Gasteiger partial charge in [-0.2, -0.15) is 0 Å². The number of urea groups is 1. The van der Waals surface area contributed by atoms with Crippen molar-refractivity contribution < 1.29 is 32.3 Å². The van der Waals surface area contributed by atoms with Gasteiger partial charge in [-0.15, -0.1) is 13.2 Å². The van der Waals surface area contributed by atoms with Crippen LogP contribution < -0.4 is 9.64 Å². The summed E-state index contributed by atoms with van der Waals surface area (Å²) in [5.41, 5.74) is -0.818. The summed E-state index contributed by atoms with van der Waals surface area (Å²) in [4.78, 5) is 47.4. The number of alkyl halides is 3. The Labute approximate surface area is 208 Å². The van der Waals surface area contributed by atoms with Gasteiger partial charge in [0.25, 0.3) is 5.91 Å². The first-order chi connectivity index (χ1) is 16.3. The highest BCUT2D eigenvalue weighted by Gasteiger charge is 2.63. The van der Waals surface area contributed by atoms with E-state index in [4.69, 9.17) is 23.2 Å². The molecule has 1 aromatic heterocycles. The second kappa shape index (κ2) is 8.87. The van der Waals surface area contributed by atoms with Crippen LogP contribution in [0.5, 0.6) is 5.75 Å². The van der Waals surface area contributed by atoms with Crippen molar-refractivity contribution in [1.82, 2.24) is 14.8 Å². The Hall–Kier alpha value is -3.05. The topological polar surface area (TPSA) is 83.1 Å². The fraction of sp³-hybridized carbons (Fsp3) is 0.364. The second-order valence-electron chi connectivity index (χ2n) is 8.54. The molecule has 2 atom stereocenters. The number of ether oxygens (including phenoxy) is 1. The number of pyridine rings is 1. The van der Waals surface area contributed by atoms with Crippen LogP contribution in [0.15, 0.2) is 36.4 Å². The van der Waals surface area contributed by atoms with Gasteiger partial charge >= 0.3 is 12.4 Å². The molecule has 13 heteroatoms. The predicted octanol–water partition coefficient (Wildman–Crippen LogP) is 4.15. The quantitative estimate of drug-likeness (QED) is 0.428. The van der Waals surface area contributed by atoms with Crippen molar-refractivity contribution in [3.8, 4) is 5.75 Å². The van der Waals surface area contributed by atoms with E-state index < -0.39 is 35.5 Å². The maximum absolute atomic E-state index is 13.8. The van der Waals surface area contributed by atoms with Gasteiger partial charge in [0.2, 0.25) is 5.91 Å². The highest BCUT2D eigenvalue weighted by Crippen LogP contribution is 2.45. The van der Waals surface area contributed by atoms with Crippen molar-refractivity contribution in [2.75, 3.05) is 25.5 Å². The third-order valence-electron chi connectivity index (χ3n) is 5.98. The summed E-state index contributed by atoms with van der Waals surface area (Å²) in [6, 6.07) is 7.02. The van der Waals surface area contributed by atoms with Crippen molar-refractivity contribution in [2.24, 2.45) is 5.92 Å². The van der Waals surface area contributed by atoms with Gasteiger partial charge in [-0.3, -0.25) is 9.59 Å². The molecule has 1 aromatic carbocycles. The fourth-order valence-electron chi connectivity index (χ4n) is 4.59. The Morgan fingerprint density at radius 1 is 1.17 bits per heavy atom. The summed E-state index contributed by atoms with van der Waals surface area (Å²) in [7, 11) is 3.16. The Bertz CT molecular complexity index is 1170. The number of anilines is 1. The van der Waals surface area contributed by atoms with E-state index in [0.717, 1.165) is 17.0 Å². The zero-order valence-corrected chi connectivity index (χ0v) is 20.0.